The van der Waals surface area contributed by atoms with Crippen molar-refractivity contribution in [2.45, 2.75) is 26.7 Å². The van der Waals surface area contributed by atoms with E-state index < -0.39 is 6.48 Å². The lowest BCUT2D eigenvalue weighted by molar-refractivity contribution is -0.189. The molecule has 1 atom stereocenters. The molecule has 3 heteroatoms. The molecule has 0 radical (unpaired) electrons. The Kier molecular flexibility index (Phi) is 2.17. The van der Waals surface area contributed by atoms with Gasteiger partial charge in [-0.3, -0.25) is 0 Å². The van der Waals surface area contributed by atoms with Gasteiger partial charge in [0.25, 0.3) is 0 Å². The molecule has 1 heterocycles. The Morgan fingerprint density at radius 1 is 1.70 bits per heavy atom. The molecule has 0 aromatic rings. The summed E-state index contributed by atoms with van der Waals surface area (Å²) in [5.41, 5.74) is 0. The minimum Gasteiger partial charge on any atom is -0.437 e. The normalized spacial score (nSPS) is 24.0. The molecule has 58 valence electrons. The number of aliphatic hydroxyl groups excluding tert-OH is 1. The summed E-state index contributed by atoms with van der Waals surface area (Å²) in [7, 11) is 0. The van der Waals surface area contributed by atoms with E-state index in [2.05, 4.69) is 18.6 Å². The second-order valence-electron chi connectivity index (χ2n) is 2.74. The molecule has 0 aliphatic carbocycles. The zero-order chi connectivity index (χ0) is 7.56. The molecule has 0 fully saturated rings. The quantitative estimate of drug-likeness (QED) is 0.632. The van der Waals surface area contributed by atoms with E-state index >= 15 is 0 Å². The van der Waals surface area contributed by atoms with E-state index in [1.54, 1.807) is 0 Å². The van der Waals surface area contributed by atoms with E-state index in [0.717, 1.165) is 12.2 Å². The number of aliphatic hydroxyl groups is 1. The highest BCUT2D eigenvalue weighted by Crippen LogP contribution is 2.19. The van der Waals surface area contributed by atoms with Gasteiger partial charge in [0.2, 0.25) is 0 Å². The van der Waals surface area contributed by atoms with Gasteiger partial charge in [0.05, 0.1) is 0 Å². The molecule has 1 N–H and O–H groups in total. The Balaban J connectivity index is 2.30. The van der Waals surface area contributed by atoms with Gasteiger partial charge in [-0.25, -0.2) is 0 Å². The van der Waals surface area contributed by atoms with Crippen LogP contribution in [-0.2, 0) is 9.47 Å². The molecule has 0 saturated carbocycles. The Hall–Kier alpha value is -0.700. The third-order valence-electron chi connectivity index (χ3n) is 1.18. The largest absolute Gasteiger partial charge is 0.437 e. The maximum Gasteiger partial charge on any atom is 0.357 e. The summed E-state index contributed by atoms with van der Waals surface area (Å²) in [6, 6.07) is 0. The number of hydrogen-bond acceptors (Lipinski definition) is 3. The fourth-order valence-corrected chi connectivity index (χ4v) is 0.818. The number of rotatable bonds is 2. The maximum atomic E-state index is 8.72. The SMILES string of the molecule is CC(C)CC1=COC(O)O1. The fourth-order valence-electron chi connectivity index (χ4n) is 0.818. The molecule has 10 heavy (non-hydrogen) atoms. The average Bonchev–Trinajstić information content (AvgIpc) is 2.13. The van der Waals surface area contributed by atoms with Gasteiger partial charge in [0, 0.05) is 6.42 Å². The lowest BCUT2D eigenvalue weighted by atomic mass is 10.1. The molecule has 0 aromatic heterocycles. The van der Waals surface area contributed by atoms with Crippen molar-refractivity contribution in [3.8, 4) is 0 Å². The molecule has 0 spiro atoms. The standard InChI is InChI=1S/C7H12O3/c1-5(2)3-6-4-9-7(8)10-6/h4-5,7-8H,3H2,1-2H3. The van der Waals surface area contributed by atoms with Gasteiger partial charge in [-0.05, 0) is 5.92 Å². The molecular weight excluding hydrogens is 132 g/mol. The Labute approximate surface area is 60.3 Å². The van der Waals surface area contributed by atoms with Crippen molar-refractivity contribution in [1.29, 1.82) is 0 Å². The van der Waals surface area contributed by atoms with E-state index in [1.807, 2.05) is 0 Å². The maximum absolute atomic E-state index is 8.72. The van der Waals surface area contributed by atoms with E-state index in [4.69, 9.17) is 9.84 Å². The molecular formula is C7H12O3. The fraction of sp³-hybridized carbons (Fsp3) is 0.714. The van der Waals surface area contributed by atoms with Crippen molar-refractivity contribution >= 4 is 0 Å². The van der Waals surface area contributed by atoms with Crippen LogP contribution in [0.25, 0.3) is 0 Å². The third kappa shape index (κ3) is 1.92. The molecule has 0 saturated heterocycles. The Morgan fingerprint density at radius 2 is 2.40 bits per heavy atom. The minimum atomic E-state index is -1.08. The van der Waals surface area contributed by atoms with Crippen LogP contribution >= 0.6 is 0 Å². The number of allylic oxidation sites excluding steroid dienone is 1. The Bertz CT molecular complexity index is 140. The van der Waals surface area contributed by atoms with Crippen LogP contribution in [0.4, 0.5) is 0 Å². The zero-order valence-electron chi connectivity index (χ0n) is 6.20. The van der Waals surface area contributed by atoms with Crippen LogP contribution in [0.1, 0.15) is 20.3 Å². The van der Waals surface area contributed by atoms with Gasteiger partial charge in [-0.15, -0.1) is 0 Å². The van der Waals surface area contributed by atoms with Crippen molar-refractivity contribution in [3.05, 3.63) is 12.0 Å². The van der Waals surface area contributed by atoms with Crippen LogP contribution in [0.15, 0.2) is 12.0 Å². The summed E-state index contributed by atoms with van der Waals surface area (Å²) in [4.78, 5) is 0. The van der Waals surface area contributed by atoms with Crippen molar-refractivity contribution in [3.63, 3.8) is 0 Å². The van der Waals surface area contributed by atoms with E-state index in [9.17, 15) is 0 Å². The lowest BCUT2D eigenvalue weighted by Gasteiger charge is -2.05. The third-order valence-corrected chi connectivity index (χ3v) is 1.18. The second kappa shape index (κ2) is 2.92. The van der Waals surface area contributed by atoms with Crippen LogP contribution in [0.2, 0.25) is 0 Å². The van der Waals surface area contributed by atoms with Gasteiger partial charge in [-0.1, -0.05) is 13.8 Å². The van der Waals surface area contributed by atoms with E-state index in [0.29, 0.717) is 5.92 Å². The van der Waals surface area contributed by atoms with Crippen molar-refractivity contribution in [1.82, 2.24) is 0 Å². The summed E-state index contributed by atoms with van der Waals surface area (Å²) < 4.78 is 9.50. The molecule has 1 unspecified atom stereocenters. The monoisotopic (exact) mass is 144 g/mol. The summed E-state index contributed by atoms with van der Waals surface area (Å²) in [6.45, 7) is 3.08. The molecule has 0 aromatic carbocycles. The van der Waals surface area contributed by atoms with Crippen molar-refractivity contribution < 1.29 is 14.6 Å². The van der Waals surface area contributed by atoms with Crippen LogP contribution in [0.3, 0.4) is 0 Å². The smallest absolute Gasteiger partial charge is 0.357 e. The molecule has 0 bridgehead atoms. The lowest BCUT2D eigenvalue weighted by Crippen LogP contribution is -2.06. The van der Waals surface area contributed by atoms with E-state index in [-0.39, 0.29) is 0 Å². The summed E-state index contributed by atoms with van der Waals surface area (Å²) >= 11 is 0. The minimum absolute atomic E-state index is 0.528. The summed E-state index contributed by atoms with van der Waals surface area (Å²) in [5.74, 6) is 1.25. The van der Waals surface area contributed by atoms with Crippen LogP contribution in [-0.4, -0.2) is 11.6 Å². The molecule has 1 rings (SSSR count). The highest BCUT2D eigenvalue weighted by molar-refractivity contribution is 4.91. The summed E-state index contributed by atoms with van der Waals surface area (Å²) in [5, 5.41) is 8.72. The summed E-state index contributed by atoms with van der Waals surface area (Å²) in [6.07, 6.45) is 2.28. The molecule has 1 aliphatic heterocycles. The first kappa shape index (κ1) is 7.41. The van der Waals surface area contributed by atoms with Crippen molar-refractivity contribution in [2.24, 2.45) is 5.92 Å². The van der Waals surface area contributed by atoms with E-state index in [1.165, 1.54) is 6.26 Å². The number of hydrogen-bond donors (Lipinski definition) is 1. The van der Waals surface area contributed by atoms with Crippen LogP contribution in [0.5, 0.6) is 0 Å². The highest BCUT2D eigenvalue weighted by atomic mass is 16.8. The molecule has 1 aliphatic rings. The van der Waals surface area contributed by atoms with Gasteiger partial charge >= 0.3 is 6.48 Å². The zero-order valence-corrected chi connectivity index (χ0v) is 6.20. The first-order chi connectivity index (χ1) is 4.68. The van der Waals surface area contributed by atoms with Gasteiger partial charge < -0.3 is 14.6 Å². The number of ether oxygens (including phenoxy) is 2. The topological polar surface area (TPSA) is 38.7 Å². The van der Waals surface area contributed by atoms with Gasteiger partial charge in [-0.2, -0.15) is 0 Å². The molecule has 3 nitrogen and oxygen atoms in total. The molecule has 0 amide bonds. The average molecular weight is 144 g/mol. The van der Waals surface area contributed by atoms with Gasteiger partial charge in [0.1, 0.15) is 12.0 Å². The van der Waals surface area contributed by atoms with Gasteiger partial charge in [0.15, 0.2) is 0 Å². The predicted octanol–water partition coefficient (Wildman–Crippen LogP) is 1.20. The second-order valence-corrected chi connectivity index (χ2v) is 2.74. The predicted molar refractivity (Wildman–Crippen MR) is 35.7 cm³/mol. The highest BCUT2D eigenvalue weighted by Gasteiger charge is 2.16. The first-order valence-corrected chi connectivity index (χ1v) is 3.37. The van der Waals surface area contributed by atoms with Crippen LogP contribution < -0.4 is 0 Å². The van der Waals surface area contributed by atoms with Crippen LogP contribution in [0, 0.1) is 5.92 Å². The first-order valence-electron chi connectivity index (χ1n) is 3.37. The Morgan fingerprint density at radius 3 is 2.80 bits per heavy atom. The van der Waals surface area contributed by atoms with Crippen molar-refractivity contribution in [2.75, 3.05) is 0 Å².